The van der Waals surface area contributed by atoms with Gasteiger partial charge in [-0.05, 0) is 12.9 Å². The topological polar surface area (TPSA) is 91.2 Å². The van der Waals surface area contributed by atoms with Gasteiger partial charge >= 0.3 is 0 Å². The lowest BCUT2D eigenvalue weighted by atomic mass is 10.2. The minimum Gasteiger partial charge on any atom is -0.490 e. The van der Waals surface area contributed by atoms with Gasteiger partial charge in [0.05, 0.1) is 33.3 Å². The van der Waals surface area contributed by atoms with Crippen LogP contribution >= 0.6 is 12.4 Å². The molecule has 6 heteroatoms. The summed E-state index contributed by atoms with van der Waals surface area (Å²) in [7, 11) is 0. The third-order valence-electron chi connectivity index (χ3n) is 1.47. The molecule has 0 radical (unpaired) electrons. The van der Waals surface area contributed by atoms with Gasteiger partial charge in [0.1, 0.15) is 0 Å². The molecule has 1 rings (SSSR count). The van der Waals surface area contributed by atoms with Crippen molar-refractivity contribution in [3.05, 3.63) is 18.0 Å². The van der Waals surface area contributed by atoms with E-state index in [1.54, 1.807) is 0 Å². The van der Waals surface area contributed by atoms with Crippen LogP contribution in [0.1, 0.15) is 19.4 Å². The van der Waals surface area contributed by atoms with Crippen LogP contribution in [-0.2, 0) is 11.2 Å². The third-order valence-corrected chi connectivity index (χ3v) is 1.47. The second-order valence-corrected chi connectivity index (χ2v) is 2.56. The molecular formula is C9H14ClN3O2. The molecule has 1 heterocycles. The zero-order chi connectivity index (χ0) is 14.8. The second kappa shape index (κ2) is 6.08. The van der Waals surface area contributed by atoms with Gasteiger partial charge in [-0.3, -0.25) is 9.78 Å². The number of hydrogen-bond donors (Lipinski definition) is 2. The van der Waals surface area contributed by atoms with Gasteiger partial charge in [-0.15, -0.1) is 12.4 Å². The minimum atomic E-state index is -2.97. The maximum atomic E-state index is 10.7. The van der Waals surface area contributed by atoms with Crippen molar-refractivity contribution in [3.63, 3.8) is 0 Å². The van der Waals surface area contributed by atoms with E-state index in [-0.39, 0.29) is 36.0 Å². The Kier molecular flexibility index (Phi) is 2.80. The van der Waals surface area contributed by atoms with Crippen LogP contribution in [0.3, 0.4) is 0 Å². The van der Waals surface area contributed by atoms with Crippen molar-refractivity contribution in [3.8, 4) is 5.75 Å². The number of anilines is 1. The van der Waals surface area contributed by atoms with Crippen LogP contribution in [0.5, 0.6) is 5.75 Å². The van der Waals surface area contributed by atoms with E-state index >= 15 is 0 Å². The summed E-state index contributed by atoms with van der Waals surface area (Å²) in [6.07, 6.45) is 0.924. The van der Waals surface area contributed by atoms with E-state index in [0.717, 1.165) is 6.20 Å². The van der Waals surface area contributed by atoms with E-state index < -0.39 is 19.3 Å². The normalized spacial score (nSPS) is 15.9. The number of primary amides is 1. The van der Waals surface area contributed by atoms with Crippen molar-refractivity contribution in [2.24, 2.45) is 5.73 Å². The minimum absolute atomic E-state index is 0. The van der Waals surface area contributed by atoms with Crippen molar-refractivity contribution in [2.75, 3.05) is 12.3 Å². The highest BCUT2D eigenvalue weighted by molar-refractivity contribution is 5.85. The molecule has 0 saturated carbocycles. The molecule has 0 bridgehead atoms. The Bertz CT molecular complexity index is 495. The van der Waals surface area contributed by atoms with Crippen LogP contribution in [0.4, 0.5) is 5.69 Å². The number of hydrogen-bond acceptors (Lipinski definition) is 4. The smallest absolute Gasteiger partial charge is 0.223 e. The lowest BCUT2D eigenvalue weighted by Crippen LogP contribution is -2.14. The number of nitrogens with two attached hydrogens (primary N) is 2. The van der Waals surface area contributed by atoms with Crippen molar-refractivity contribution < 1.29 is 16.4 Å². The Morgan fingerprint density at radius 2 is 2.53 bits per heavy atom. The van der Waals surface area contributed by atoms with Crippen LogP contribution in [0, 0.1) is 0 Å². The maximum absolute atomic E-state index is 10.7. The van der Waals surface area contributed by atoms with Gasteiger partial charge in [-0.1, -0.05) is 0 Å². The van der Waals surface area contributed by atoms with Gasteiger partial charge in [0.2, 0.25) is 5.91 Å². The molecular weight excluding hydrogens is 218 g/mol. The molecule has 0 spiro atoms. The standard InChI is InChI=1S/C9H13N3O2.ClH/c1-2-14-8-5-12-6(3-7(8)10)4-9(11)13;/h3,5H,2,4H2,1H3,(H2,10,12)(H2,11,13);1H/i1D3,2D2;. The predicted octanol–water partition coefficient (Wildman–Crippen LogP) is 0.512. The number of nitrogen functional groups attached to an aromatic ring is 1. The quantitative estimate of drug-likeness (QED) is 0.797. The average Bonchev–Trinajstić information content (AvgIpc) is 2.19. The van der Waals surface area contributed by atoms with E-state index in [0.29, 0.717) is 0 Å². The first-order chi connectivity index (χ1) is 8.53. The Hall–Kier alpha value is -1.49. The number of nitrogens with zero attached hydrogens (tertiary/aromatic N) is 1. The molecule has 0 aliphatic rings. The average molecular weight is 237 g/mol. The van der Waals surface area contributed by atoms with E-state index in [1.807, 2.05) is 0 Å². The van der Waals surface area contributed by atoms with Gasteiger partial charge < -0.3 is 16.2 Å². The number of rotatable bonds is 4. The van der Waals surface area contributed by atoms with Gasteiger partial charge in [0, 0.05) is 4.11 Å². The number of pyridine rings is 1. The molecule has 4 N–H and O–H groups in total. The number of halogens is 1. The van der Waals surface area contributed by atoms with Crippen molar-refractivity contribution in [1.29, 1.82) is 0 Å². The molecule has 0 aromatic carbocycles. The summed E-state index contributed by atoms with van der Waals surface area (Å²) in [5, 5.41) is 0. The fourth-order valence-corrected chi connectivity index (χ4v) is 0.919. The highest BCUT2D eigenvalue weighted by atomic mass is 35.5. The van der Waals surface area contributed by atoms with Gasteiger partial charge in [0.15, 0.2) is 5.75 Å². The van der Waals surface area contributed by atoms with Gasteiger partial charge in [0.25, 0.3) is 0 Å². The zero-order valence-electron chi connectivity index (χ0n) is 12.7. The van der Waals surface area contributed by atoms with Crippen molar-refractivity contribution in [1.82, 2.24) is 4.98 Å². The fraction of sp³-hybridized carbons (Fsp3) is 0.333. The van der Waals surface area contributed by atoms with Crippen LogP contribution < -0.4 is 16.2 Å². The Morgan fingerprint density at radius 1 is 1.80 bits per heavy atom. The highest BCUT2D eigenvalue weighted by Gasteiger charge is 2.04. The predicted molar refractivity (Wildman–Crippen MR) is 60.0 cm³/mol. The monoisotopic (exact) mass is 236 g/mol. The van der Waals surface area contributed by atoms with Crippen LogP contribution in [0.15, 0.2) is 12.3 Å². The Labute approximate surface area is 101 Å². The molecule has 0 atom stereocenters. The van der Waals surface area contributed by atoms with Crippen LogP contribution in [-0.4, -0.2) is 17.5 Å². The third kappa shape index (κ3) is 4.03. The number of carbonyl (C=O) groups is 1. The summed E-state index contributed by atoms with van der Waals surface area (Å²) in [4.78, 5) is 14.5. The molecule has 0 fully saturated rings. The maximum Gasteiger partial charge on any atom is 0.223 e. The summed E-state index contributed by atoms with van der Waals surface area (Å²) < 4.78 is 40.3. The fourth-order valence-electron chi connectivity index (χ4n) is 0.919. The van der Waals surface area contributed by atoms with E-state index in [4.69, 9.17) is 23.1 Å². The van der Waals surface area contributed by atoms with Crippen LogP contribution in [0.2, 0.25) is 0 Å². The SMILES string of the molecule is Cl.[2H]C([2H])([2H])C([2H])([2H])Oc1cnc(CC(N)=O)cc1N. The number of amides is 1. The number of aromatic nitrogens is 1. The second-order valence-electron chi connectivity index (χ2n) is 2.56. The first-order valence-electron chi connectivity index (χ1n) is 6.24. The first-order valence-corrected chi connectivity index (χ1v) is 3.74. The highest BCUT2D eigenvalue weighted by Crippen LogP contribution is 2.20. The Balaban J connectivity index is 0.00000361. The number of carbonyl (C=O) groups excluding carboxylic acids is 1. The molecule has 0 aliphatic carbocycles. The lowest BCUT2D eigenvalue weighted by molar-refractivity contribution is -0.117. The molecule has 0 saturated heterocycles. The molecule has 15 heavy (non-hydrogen) atoms. The molecule has 0 aliphatic heterocycles. The van der Waals surface area contributed by atoms with Gasteiger partial charge in [-0.2, -0.15) is 0 Å². The first kappa shape index (κ1) is 6.90. The van der Waals surface area contributed by atoms with E-state index in [2.05, 4.69) is 4.98 Å². The van der Waals surface area contributed by atoms with E-state index in [9.17, 15) is 4.79 Å². The van der Waals surface area contributed by atoms with E-state index in [1.165, 1.54) is 6.07 Å². The Morgan fingerprint density at radius 3 is 3.07 bits per heavy atom. The summed E-state index contributed by atoms with van der Waals surface area (Å²) in [5.41, 5.74) is 10.8. The summed E-state index contributed by atoms with van der Waals surface area (Å²) in [6, 6.07) is 1.27. The van der Waals surface area contributed by atoms with Crippen molar-refractivity contribution >= 4 is 24.0 Å². The molecule has 0 unspecified atom stereocenters. The molecule has 5 nitrogen and oxygen atoms in total. The van der Waals surface area contributed by atoms with Gasteiger partial charge in [-0.25, -0.2) is 0 Å². The number of ether oxygens (including phenoxy) is 1. The van der Waals surface area contributed by atoms with Crippen LogP contribution in [0.25, 0.3) is 0 Å². The summed E-state index contributed by atoms with van der Waals surface area (Å²) >= 11 is 0. The summed E-state index contributed by atoms with van der Waals surface area (Å²) in [5.74, 6) is -0.812. The molecule has 1 aromatic rings. The van der Waals surface area contributed by atoms with Crippen molar-refractivity contribution in [2.45, 2.75) is 13.3 Å². The zero-order valence-corrected chi connectivity index (χ0v) is 8.50. The molecule has 1 aromatic heterocycles. The summed E-state index contributed by atoms with van der Waals surface area (Å²) in [6.45, 7) is -5.86. The molecule has 84 valence electrons. The largest absolute Gasteiger partial charge is 0.490 e. The lowest BCUT2D eigenvalue weighted by Gasteiger charge is -2.06. The molecule has 1 amide bonds.